The lowest BCUT2D eigenvalue weighted by molar-refractivity contribution is -0.142. The minimum atomic E-state index is -0.446. The Bertz CT molecular complexity index is 1160. The average Bonchev–Trinajstić information content (AvgIpc) is 2.93. The zero-order valence-corrected chi connectivity index (χ0v) is 20.3. The van der Waals surface area contributed by atoms with E-state index in [-0.39, 0.29) is 12.5 Å². The molecule has 1 aliphatic heterocycles. The van der Waals surface area contributed by atoms with E-state index in [9.17, 15) is 9.59 Å². The summed E-state index contributed by atoms with van der Waals surface area (Å²) in [4.78, 5) is 28.4. The third-order valence-corrected chi connectivity index (χ3v) is 5.96. The molecule has 0 aliphatic carbocycles. The smallest absolute Gasteiger partial charge is 0.343 e. The lowest BCUT2D eigenvalue weighted by Crippen LogP contribution is -2.45. The Morgan fingerprint density at radius 2 is 1.61 bits per heavy atom. The van der Waals surface area contributed by atoms with Gasteiger partial charge >= 0.3 is 5.97 Å². The number of hydrogen-bond acceptors (Lipinski definition) is 7. The Morgan fingerprint density at radius 3 is 2.28 bits per heavy atom. The van der Waals surface area contributed by atoms with Gasteiger partial charge in [-0.15, -0.1) is 0 Å². The highest BCUT2D eigenvalue weighted by Crippen LogP contribution is 2.17. The number of hydrazone groups is 1. The SMILES string of the molecule is COC(=O)COc1ccc(/C=N\NC(=O)c2ccc(CN3CCN(c4ccccc4)CC3)cc2)cc1. The van der Waals surface area contributed by atoms with Crippen molar-refractivity contribution in [2.45, 2.75) is 6.54 Å². The van der Waals surface area contributed by atoms with Crippen LogP contribution in [0.2, 0.25) is 0 Å². The summed E-state index contributed by atoms with van der Waals surface area (Å²) in [7, 11) is 1.31. The monoisotopic (exact) mass is 486 g/mol. The van der Waals surface area contributed by atoms with Gasteiger partial charge in [0.2, 0.25) is 0 Å². The molecule has 1 N–H and O–H groups in total. The fourth-order valence-corrected chi connectivity index (χ4v) is 3.90. The zero-order valence-electron chi connectivity index (χ0n) is 20.3. The van der Waals surface area contributed by atoms with Gasteiger partial charge < -0.3 is 14.4 Å². The standard InChI is InChI=1S/C28H30N4O4/c1-35-27(33)21-36-26-13-9-22(10-14-26)19-29-30-28(34)24-11-7-23(8-12-24)20-31-15-17-32(18-16-31)25-5-3-2-4-6-25/h2-14,19H,15-18,20-21H2,1H3,(H,30,34)/b29-19-. The van der Waals surface area contributed by atoms with Gasteiger partial charge in [0.15, 0.2) is 6.61 Å². The fraction of sp³-hybridized carbons (Fsp3) is 0.250. The summed E-state index contributed by atoms with van der Waals surface area (Å²) in [5, 5.41) is 4.03. The molecule has 186 valence electrons. The molecule has 1 heterocycles. The Morgan fingerprint density at radius 1 is 0.917 bits per heavy atom. The van der Waals surface area contributed by atoms with Crippen LogP contribution < -0.4 is 15.1 Å². The zero-order chi connectivity index (χ0) is 25.2. The Kier molecular flexibility index (Phi) is 8.67. The second kappa shape index (κ2) is 12.5. The summed E-state index contributed by atoms with van der Waals surface area (Å²) in [6.45, 7) is 4.73. The van der Waals surface area contributed by atoms with Gasteiger partial charge in [0, 0.05) is 44.0 Å². The molecule has 36 heavy (non-hydrogen) atoms. The van der Waals surface area contributed by atoms with Crippen molar-refractivity contribution >= 4 is 23.8 Å². The van der Waals surface area contributed by atoms with E-state index >= 15 is 0 Å². The molecule has 1 aliphatic rings. The lowest BCUT2D eigenvalue weighted by Gasteiger charge is -2.36. The number of piperazine rings is 1. The van der Waals surface area contributed by atoms with Crippen LogP contribution in [-0.4, -0.2) is 62.9 Å². The molecule has 8 nitrogen and oxygen atoms in total. The number of anilines is 1. The molecule has 8 heteroatoms. The van der Waals surface area contributed by atoms with E-state index in [1.54, 1.807) is 30.5 Å². The number of nitrogens with one attached hydrogen (secondary N) is 1. The van der Waals surface area contributed by atoms with Crippen LogP contribution in [0.4, 0.5) is 5.69 Å². The number of para-hydroxylation sites is 1. The minimum absolute atomic E-state index is 0.149. The normalized spacial score (nSPS) is 14.0. The third kappa shape index (κ3) is 7.16. The number of amides is 1. The highest BCUT2D eigenvalue weighted by atomic mass is 16.6. The summed E-state index contributed by atoms with van der Waals surface area (Å²) in [5.41, 5.74) is 6.34. The maximum Gasteiger partial charge on any atom is 0.343 e. The van der Waals surface area contributed by atoms with Crippen LogP contribution in [0.25, 0.3) is 0 Å². The summed E-state index contributed by atoms with van der Waals surface area (Å²) in [6, 6.07) is 25.1. The van der Waals surface area contributed by atoms with Crippen LogP contribution in [0.5, 0.6) is 5.75 Å². The highest BCUT2D eigenvalue weighted by Gasteiger charge is 2.17. The van der Waals surface area contributed by atoms with E-state index in [1.165, 1.54) is 18.4 Å². The van der Waals surface area contributed by atoms with Gasteiger partial charge in [0.05, 0.1) is 13.3 Å². The summed E-state index contributed by atoms with van der Waals surface area (Å²) in [6.07, 6.45) is 1.55. The highest BCUT2D eigenvalue weighted by molar-refractivity contribution is 5.94. The van der Waals surface area contributed by atoms with Crippen molar-refractivity contribution in [2.24, 2.45) is 5.10 Å². The molecule has 1 fully saturated rings. The first-order valence-corrected chi connectivity index (χ1v) is 11.8. The van der Waals surface area contributed by atoms with E-state index < -0.39 is 5.97 Å². The number of carbonyl (C=O) groups is 2. The quantitative estimate of drug-likeness (QED) is 0.284. The average molecular weight is 487 g/mol. The molecule has 3 aromatic rings. The molecule has 1 saturated heterocycles. The van der Waals surface area contributed by atoms with Crippen LogP contribution in [0, 0.1) is 0 Å². The summed E-state index contributed by atoms with van der Waals surface area (Å²) in [5.74, 6) is -0.176. The molecule has 0 aromatic heterocycles. The van der Waals surface area contributed by atoms with Gasteiger partial charge in [-0.2, -0.15) is 5.10 Å². The fourth-order valence-electron chi connectivity index (χ4n) is 3.90. The van der Waals surface area contributed by atoms with E-state index in [0.29, 0.717) is 11.3 Å². The molecule has 4 rings (SSSR count). The Labute approximate surface area is 211 Å². The van der Waals surface area contributed by atoms with Crippen LogP contribution in [0.3, 0.4) is 0 Å². The number of ether oxygens (including phenoxy) is 2. The molecule has 0 saturated carbocycles. The van der Waals surface area contributed by atoms with Crippen molar-refractivity contribution < 1.29 is 19.1 Å². The first-order chi connectivity index (χ1) is 17.6. The maximum atomic E-state index is 12.4. The van der Waals surface area contributed by atoms with E-state index in [1.807, 2.05) is 30.3 Å². The number of hydrogen-bond donors (Lipinski definition) is 1. The van der Waals surface area contributed by atoms with Crippen molar-refractivity contribution in [2.75, 3.05) is 44.8 Å². The van der Waals surface area contributed by atoms with Crippen LogP contribution in [0.1, 0.15) is 21.5 Å². The topological polar surface area (TPSA) is 83.5 Å². The van der Waals surface area contributed by atoms with Crippen LogP contribution >= 0.6 is 0 Å². The maximum absolute atomic E-state index is 12.4. The number of methoxy groups -OCH3 is 1. The van der Waals surface area contributed by atoms with Gasteiger partial charge in [-0.3, -0.25) is 9.69 Å². The van der Waals surface area contributed by atoms with Crippen LogP contribution in [0.15, 0.2) is 84.0 Å². The number of esters is 1. The minimum Gasteiger partial charge on any atom is -0.482 e. The number of carbonyl (C=O) groups excluding carboxylic acids is 2. The Hall–Kier alpha value is -4.17. The van der Waals surface area contributed by atoms with Gasteiger partial charge in [0.25, 0.3) is 5.91 Å². The molecular weight excluding hydrogens is 456 g/mol. The van der Waals surface area contributed by atoms with Gasteiger partial charge in [-0.05, 0) is 59.7 Å². The molecule has 0 bridgehead atoms. The number of rotatable bonds is 9. The lowest BCUT2D eigenvalue weighted by atomic mass is 10.1. The summed E-state index contributed by atoms with van der Waals surface area (Å²) < 4.78 is 9.84. The van der Waals surface area contributed by atoms with Gasteiger partial charge in [0.1, 0.15) is 5.75 Å². The van der Waals surface area contributed by atoms with Crippen molar-refractivity contribution in [3.8, 4) is 5.75 Å². The van der Waals surface area contributed by atoms with E-state index in [4.69, 9.17) is 4.74 Å². The summed E-state index contributed by atoms with van der Waals surface area (Å²) >= 11 is 0. The van der Waals surface area contributed by atoms with Crippen molar-refractivity contribution in [3.63, 3.8) is 0 Å². The molecule has 0 spiro atoms. The van der Waals surface area contributed by atoms with Crippen molar-refractivity contribution in [1.82, 2.24) is 10.3 Å². The predicted molar refractivity (Wildman–Crippen MR) is 139 cm³/mol. The van der Waals surface area contributed by atoms with Gasteiger partial charge in [-0.1, -0.05) is 30.3 Å². The number of nitrogens with zero attached hydrogens (tertiary/aromatic N) is 3. The largest absolute Gasteiger partial charge is 0.482 e. The van der Waals surface area contributed by atoms with E-state index in [0.717, 1.165) is 38.3 Å². The molecule has 0 atom stereocenters. The number of benzene rings is 3. The van der Waals surface area contributed by atoms with Gasteiger partial charge in [-0.25, -0.2) is 10.2 Å². The van der Waals surface area contributed by atoms with Crippen LogP contribution in [-0.2, 0) is 16.1 Å². The second-order valence-electron chi connectivity index (χ2n) is 8.43. The molecule has 3 aromatic carbocycles. The van der Waals surface area contributed by atoms with Crippen molar-refractivity contribution in [3.05, 3.63) is 95.6 Å². The predicted octanol–water partition coefficient (Wildman–Crippen LogP) is 3.32. The molecular formula is C28H30N4O4. The Balaban J connectivity index is 1.21. The van der Waals surface area contributed by atoms with E-state index in [2.05, 4.69) is 49.3 Å². The first kappa shape index (κ1) is 24.9. The second-order valence-corrected chi connectivity index (χ2v) is 8.43. The molecule has 0 unspecified atom stereocenters. The molecule has 1 amide bonds. The first-order valence-electron chi connectivity index (χ1n) is 11.8. The third-order valence-electron chi connectivity index (χ3n) is 5.96. The molecule has 0 radical (unpaired) electrons. The van der Waals surface area contributed by atoms with Crippen molar-refractivity contribution in [1.29, 1.82) is 0 Å².